The fourth-order valence-corrected chi connectivity index (χ4v) is 4.31. The van der Waals surface area contributed by atoms with Gasteiger partial charge >= 0.3 is 0 Å². The van der Waals surface area contributed by atoms with Crippen LogP contribution in [0.1, 0.15) is 5.69 Å². The van der Waals surface area contributed by atoms with Gasteiger partial charge in [0.05, 0.1) is 33.6 Å². The minimum atomic E-state index is -0.263. The number of carbonyl (C=O) groups is 1. The van der Waals surface area contributed by atoms with Crippen molar-refractivity contribution in [1.82, 2.24) is 9.97 Å². The lowest BCUT2D eigenvalue weighted by Crippen LogP contribution is -2.34. The van der Waals surface area contributed by atoms with Crippen LogP contribution in [0.5, 0.6) is 23.0 Å². The molecule has 4 rings (SSSR count). The van der Waals surface area contributed by atoms with Crippen molar-refractivity contribution in [3.05, 3.63) is 66.5 Å². The Kier molecular flexibility index (Phi) is 6.89. The number of methoxy groups -OCH3 is 3. The molecule has 1 amide bonds. The van der Waals surface area contributed by atoms with Gasteiger partial charge in [0.25, 0.3) is 5.91 Å². The van der Waals surface area contributed by atoms with Crippen molar-refractivity contribution < 1.29 is 23.7 Å². The summed E-state index contributed by atoms with van der Waals surface area (Å²) in [7, 11) is 4.76. The van der Waals surface area contributed by atoms with Crippen molar-refractivity contribution in [2.24, 2.45) is 0 Å². The van der Waals surface area contributed by atoms with Gasteiger partial charge in [-0.3, -0.25) is 14.7 Å². The molecule has 8 nitrogen and oxygen atoms in total. The van der Waals surface area contributed by atoms with Crippen molar-refractivity contribution in [2.75, 3.05) is 32.8 Å². The maximum Gasteiger partial charge on any atom is 0.267 e. The zero-order chi connectivity index (χ0) is 23.2. The van der Waals surface area contributed by atoms with Gasteiger partial charge in [0, 0.05) is 12.3 Å². The van der Waals surface area contributed by atoms with E-state index in [-0.39, 0.29) is 19.1 Å². The highest BCUT2D eigenvalue weighted by atomic mass is 32.1. The number of amides is 1. The molecular weight excluding hydrogens is 442 g/mol. The Balaban J connectivity index is 1.66. The molecule has 0 spiro atoms. The van der Waals surface area contributed by atoms with E-state index < -0.39 is 0 Å². The monoisotopic (exact) mass is 465 g/mol. The van der Waals surface area contributed by atoms with E-state index in [0.29, 0.717) is 33.6 Å². The molecule has 0 fully saturated rings. The summed E-state index contributed by atoms with van der Waals surface area (Å²) in [5.41, 5.74) is 1.36. The number of nitrogens with zero attached hydrogens (tertiary/aromatic N) is 3. The van der Waals surface area contributed by atoms with E-state index in [1.807, 2.05) is 30.3 Å². The van der Waals surface area contributed by atoms with E-state index >= 15 is 0 Å². The van der Waals surface area contributed by atoms with Crippen molar-refractivity contribution in [2.45, 2.75) is 6.54 Å². The molecule has 0 saturated carbocycles. The van der Waals surface area contributed by atoms with E-state index in [0.717, 1.165) is 10.4 Å². The number of rotatable bonds is 9. The molecule has 9 heteroatoms. The predicted octanol–water partition coefficient (Wildman–Crippen LogP) is 4.33. The van der Waals surface area contributed by atoms with Crippen molar-refractivity contribution in [3.63, 3.8) is 0 Å². The molecule has 0 atom stereocenters. The highest BCUT2D eigenvalue weighted by Gasteiger charge is 2.24. The second-order valence-electron chi connectivity index (χ2n) is 6.91. The van der Waals surface area contributed by atoms with Crippen LogP contribution in [0.25, 0.3) is 10.2 Å². The van der Waals surface area contributed by atoms with E-state index in [1.165, 1.54) is 11.3 Å². The summed E-state index contributed by atoms with van der Waals surface area (Å²) < 4.78 is 22.7. The van der Waals surface area contributed by atoms with Crippen molar-refractivity contribution >= 4 is 32.6 Å². The number of carbonyl (C=O) groups excluding carboxylic acids is 1. The third-order valence-corrected chi connectivity index (χ3v) is 5.97. The lowest BCUT2D eigenvalue weighted by atomic mass is 10.3. The number of benzene rings is 2. The largest absolute Gasteiger partial charge is 0.497 e. The number of aromatic nitrogens is 2. The third kappa shape index (κ3) is 4.98. The highest BCUT2D eigenvalue weighted by Crippen LogP contribution is 2.40. The molecule has 0 bridgehead atoms. The molecule has 0 radical (unpaired) electrons. The molecule has 0 N–H and O–H groups in total. The second kappa shape index (κ2) is 10.2. The number of anilines is 1. The van der Waals surface area contributed by atoms with Gasteiger partial charge in [-0.25, -0.2) is 4.98 Å². The van der Waals surface area contributed by atoms with Crippen LogP contribution in [0.4, 0.5) is 5.13 Å². The summed E-state index contributed by atoms with van der Waals surface area (Å²) in [5, 5.41) is 0.498. The molecule has 2 aromatic carbocycles. The Morgan fingerprint density at radius 3 is 2.45 bits per heavy atom. The molecule has 4 aromatic rings. The van der Waals surface area contributed by atoms with E-state index in [2.05, 4.69) is 4.98 Å². The van der Waals surface area contributed by atoms with Gasteiger partial charge in [-0.05, 0) is 36.4 Å². The smallest absolute Gasteiger partial charge is 0.267 e. The molecule has 2 aromatic heterocycles. The van der Waals surface area contributed by atoms with Crippen LogP contribution in [-0.4, -0.2) is 43.8 Å². The summed E-state index contributed by atoms with van der Waals surface area (Å²) in [6.45, 7) is 0.0653. The molecule has 0 aliphatic heterocycles. The zero-order valence-corrected chi connectivity index (χ0v) is 19.3. The molecule has 0 unspecified atom stereocenters. The lowest BCUT2D eigenvalue weighted by molar-refractivity contribution is -0.120. The molecule has 2 heterocycles. The summed E-state index contributed by atoms with van der Waals surface area (Å²) >= 11 is 1.35. The van der Waals surface area contributed by atoms with Crippen LogP contribution >= 0.6 is 11.3 Å². The van der Waals surface area contributed by atoms with Gasteiger partial charge in [0.2, 0.25) is 0 Å². The number of pyridine rings is 1. The van der Waals surface area contributed by atoms with Crippen LogP contribution in [-0.2, 0) is 11.3 Å². The summed E-state index contributed by atoms with van der Waals surface area (Å²) in [6, 6.07) is 16.3. The normalized spacial score (nSPS) is 10.6. The van der Waals surface area contributed by atoms with Gasteiger partial charge < -0.3 is 18.9 Å². The summed E-state index contributed by atoms with van der Waals surface area (Å²) in [4.78, 5) is 23.9. The van der Waals surface area contributed by atoms with Gasteiger partial charge in [0.1, 0.15) is 33.2 Å². The lowest BCUT2D eigenvalue weighted by Gasteiger charge is -2.19. The highest BCUT2D eigenvalue weighted by molar-refractivity contribution is 7.22. The topological polar surface area (TPSA) is 83.0 Å². The number of hydrogen-bond donors (Lipinski definition) is 0. The minimum absolute atomic E-state index is 0.176. The average molecular weight is 466 g/mol. The molecule has 170 valence electrons. The SMILES string of the molecule is COc1cccc(OCC(=O)N(Cc2ccccn2)c2nc3c(OC)ccc(OC)c3s2)c1. The van der Waals surface area contributed by atoms with Crippen LogP contribution in [0.2, 0.25) is 0 Å². The van der Waals surface area contributed by atoms with E-state index in [1.54, 1.807) is 56.7 Å². The first kappa shape index (κ1) is 22.3. The van der Waals surface area contributed by atoms with Crippen LogP contribution in [0.15, 0.2) is 60.8 Å². The molecule has 0 aliphatic carbocycles. The Labute approximate surface area is 195 Å². The Morgan fingerprint density at radius 1 is 0.939 bits per heavy atom. The van der Waals surface area contributed by atoms with Gasteiger partial charge in [0.15, 0.2) is 11.7 Å². The fourth-order valence-electron chi connectivity index (χ4n) is 3.22. The Morgan fingerprint density at radius 2 is 1.73 bits per heavy atom. The van der Waals surface area contributed by atoms with Crippen LogP contribution in [0, 0.1) is 0 Å². The predicted molar refractivity (Wildman–Crippen MR) is 127 cm³/mol. The second-order valence-corrected chi connectivity index (χ2v) is 7.89. The summed E-state index contributed by atoms with van der Waals surface area (Å²) in [5.74, 6) is 2.18. The maximum atomic E-state index is 13.3. The van der Waals surface area contributed by atoms with E-state index in [9.17, 15) is 4.79 Å². The summed E-state index contributed by atoms with van der Waals surface area (Å²) in [6.07, 6.45) is 1.69. The standard InChI is InChI=1S/C24H23N3O5S/c1-29-17-8-6-9-18(13-17)32-15-21(28)27(14-16-7-4-5-12-25-16)24-26-22-19(30-2)10-11-20(31-3)23(22)33-24/h4-13H,14-15H2,1-3H3. The number of thiazole rings is 1. The number of hydrogen-bond acceptors (Lipinski definition) is 8. The van der Waals surface area contributed by atoms with Gasteiger partial charge in [-0.1, -0.05) is 23.5 Å². The van der Waals surface area contributed by atoms with E-state index in [4.69, 9.17) is 23.9 Å². The molecule has 0 saturated heterocycles. The first-order valence-electron chi connectivity index (χ1n) is 10.1. The fraction of sp³-hybridized carbons (Fsp3) is 0.208. The average Bonchev–Trinajstić information content (AvgIpc) is 3.31. The minimum Gasteiger partial charge on any atom is -0.497 e. The maximum absolute atomic E-state index is 13.3. The van der Waals surface area contributed by atoms with Crippen LogP contribution < -0.4 is 23.8 Å². The van der Waals surface area contributed by atoms with Gasteiger partial charge in [-0.15, -0.1) is 0 Å². The van der Waals surface area contributed by atoms with Crippen molar-refractivity contribution in [1.29, 1.82) is 0 Å². The quantitative estimate of drug-likeness (QED) is 0.364. The first-order valence-corrected chi connectivity index (χ1v) is 10.9. The number of fused-ring (bicyclic) bond motifs is 1. The molecule has 0 aliphatic rings. The Hall–Kier alpha value is -3.85. The van der Waals surface area contributed by atoms with Crippen molar-refractivity contribution in [3.8, 4) is 23.0 Å². The zero-order valence-electron chi connectivity index (χ0n) is 18.5. The Bertz CT molecular complexity index is 1200. The third-order valence-electron chi connectivity index (χ3n) is 4.88. The molecule has 33 heavy (non-hydrogen) atoms. The first-order chi connectivity index (χ1) is 16.1. The van der Waals surface area contributed by atoms with Crippen LogP contribution in [0.3, 0.4) is 0 Å². The molecular formula is C24H23N3O5S. The number of ether oxygens (including phenoxy) is 4. The van der Waals surface area contributed by atoms with Gasteiger partial charge in [-0.2, -0.15) is 0 Å².